The Morgan fingerprint density at radius 2 is 0.921 bits per heavy atom. The Labute approximate surface area is 541 Å². The molecule has 0 bridgehead atoms. The van der Waals surface area contributed by atoms with Gasteiger partial charge in [-0.05, 0) is 131 Å². The molecule has 89 heavy (non-hydrogen) atoms. The van der Waals surface area contributed by atoms with E-state index in [4.69, 9.17) is 9.72 Å². The van der Waals surface area contributed by atoms with Gasteiger partial charge in [-0.25, -0.2) is 4.98 Å². The van der Waals surface area contributed by atoms with Crippen LogP contribution in [0.2, 0.25) is 0 Å². The molecule has 10 aromatic carbocycles. The van der Waals surface area contributed by atoms with Gasteiger partial charge in [0.15, 0.2) is 0 Å². The maximum Gasteiger partial charge on any atom is 0.135 e. The van der Waals surface area contributed by atoms with Crippen LogP contribution in [0.4, 0.5) is 22.7 Å². The first kappa shape index (κ1) is 59.2. The third-order valence-corrected chi connectivity index (χ3v) is 18.2. The molecule has 0 unspecified atom stereocenters. The van der Waals surface area contributed by atoms with E-state index in [-0.39, 0.29) is 42.7 Å². The molecule has 6 heteroatoms. The van der Waals surface area contributed by atoms with Crippen LogP contribution in [0.3, 0.4) is 0 Å². The third-order valence-electron chi connectivity index (χ3n) is 18.2. The summed E-state index contributed by atoms with van der Waals surface area (Å²) < 4.78 is 9.70. The second kappa shape index (κ2) is 22.1. The van der Waals surface area contributed by atoms with Crippen LogP contribution in [0, 0.1) is 18.8 Å². The minimum Gasteiger partial charge on any atom is -0.509 e. The summed E-state index contributed by atoms with van der Waals surface area (Å²) in [6, 6.07) is 90.5. The van der Waals surface area contributed by atoms with Crippen molar-refractivity contribution in [3.63, 3.8) is 0 Å². The molecule has 0 atom stereocenters. The Balaban J connectivity index is 0.00000729. The Morgan fingerprint density at radius 1 is 0.416 bits per heavy atom. The number of nitrogens with zero attached hydrogens (tertiary/aromatic N) is 4. The summed E-state index contributed by atoms with van der Waals surface area (Å²) in [5.41, 5.74) is 21.4. The number of hydrogen-bond donors (Lipinski definition) is 0. The smallest absolute Gasteiger partial charge is 0.135 e. The predicted molar refractivity (Wildman–Crippen MR) is 367 cm³/mol. The van der Waals surface area contributed by atoms with Gasteiger partial charge in [0.2, 0.25) is 0 Å². The molecule has 12 aromatic rings. The summed E-state index contributed by atoms with van der Waals surface area (Å²) in [6.45, 7) is 30.0. The van der Waals surface area contributed by atoms with E-state index in [9.17, 15) is 0 Å². The molecule has 0 radical (unpaired) electrons. The van der Waals surface area contributed by atoms with Crippen LogP contribution in [-0.4, -0.2) is 9.55 Å². The second-order valence-corrected chi connectivity index (χ2v) is 28.2. The maximum atomic E-state index is 7.46. The van der Waals surface area contributed by atoms with Crippen molar-refractivity contribution in [2.75, 3.05) is 9.80 Å². The molecule has 0 saturated carbocycles. The van der Waals surface area contributed by atoms with Crippen molar-refractivity contribution in [2.45, 2.75) is 110 Å². The number of aromatic nitrogens is 2. The van der Waals surface area contributed by atoms with E-state index in [1.54, 1.807) is 0 Å². The van der Waals surface area contributed by atoms with Crippen LogP contribution < -0.4 is 14.5 Å². The van der Waals surface area contributed by atoms with Crippen molar-refractivity contribution in [3.8, 4) is 50.7 Å². The fourth-order valence-electron chi connectivity index (χ4n) is 13.4. The number of pyridine rings is 1. The van der Waals surface area contributed by atoms with Crippen LogP contribution in [-0.2, 0) is 48.1 Å². The Kier molecular flexibility index (Phi) is 14.7. The Hall–Kier alpha value is -8.76. The van der Waals surface area contributed by atoms with Crippen LogP contribution in [0.25, 0.3) is 61.0 Å². The third kappa shape index (κ3) is 10.3. The Bertz CT molecular complexity index is 4540. The average Bonchev–Trinajstić information content (AvgIpc) is 1.59. The molecule has 1 aliphatic heterocycles. The van der Waals surface area contributed by atoms with Gasteiger partial charge in [-0.3, -0.25) is 0 Å². The number of fused-ring (bicyclic) bond motifs is 7. The van der Waals surface area contributed by atoms with E-state index in [1.807, 2.05) is 6.20 Å². The van der Waals surface area contributed by atoms with Crippen molar-refractivity contribution in [3.05, 3.63) is 294 Å². The monoisotopic (exact) mass is 1340 g/mol. The summed E-state index contributed by atoms with van der Waals surface area (Å²) in [7, 11) is 0. The van der Waals surface area contributed by atoms with E-state index in [0.29, 0.717) is 11.5 Å². The van der Waals surface area contributed by atoms with Gasteiger partial charge in [0.05, 0.1) is 0 Å². The largest absolute Gasteiger partial charge is 0.509 e. The zero-order valence-corrected chi connectivity index (χ0v) is 55.3. The summed E-state index contributed by atoms with van der Waals surface area (Å²) in [4.78, 5) is 9.77. The van der Waals surface area contributed by atoms with E-state index in [2.05, 4.69) is 341 Å². The van der Waals surface area contributed by atoms with Crippen molar-refractivity contribution in [2.24, 2.45) is 0 Å². The number of anilines is 4. The minimum absolute atomic E-state index is 0. The Morgan fingerprint density at radius 3 is 1.51 bits per heavy atom. The molecule has 0 N–H and O–H groups in total. The van der Waals surface area contributed by atoms with Gasteiger partial charge in [0, 0.05) is 77.9 Å². The summed E-state index contributed by atoms with van der Waals surface area (Å²) in [6.07, 6.45) is 1.93. The molecule has 0 amide bonds. The van der Waals surface area contributed by atoms with E-state index in [0.717, 1.165) is 78.2 Å². The molecular weight excluding hydrogens is 1260 g/mol. The van der Waals surface area contributed by atoms with Crippen molar-refractivity contribution in [1.82, 2.24) is 9.55 Å². The van der Waals surface area contributed by atoms with Gasteiger partial charge in [-0.15, -0.1) is 53.6 Å². The molecule has 14 rings (SSSR count). The topological polar surface area (TPSA) is 33.5 Å². The first-order chi connectivity index (χ1) is 42.1. The fourth-order valence-corrected chi connectivity index (χ4v) is 13.4. The van der Waals surface area contributed by atoms with Crippen LogP contribution in [0.1, 0.15) is 128 Å². The summed E-state index contributed by atoms with van der Waals surface area (Å²) in [5, 5.41) is 2.19. The maximum absolute atomic E-state index is 7.46. The second-order valence-electron chi connectivity index (χ2n) is 28.2. The molecule has 1 aliphatic carbocycles. The first-order valence-electron chi connectivity index (χ1n) is 31.0. The molecule has 446 valence electrons. The van der Waals surface area contributed by atoms with Gasteiger partial charge in [0.1, 0.15) is 5.82 Å². The molecule has 2 aromatic heterocycles. The van der Waals surface area contributed by atoms with Crippen molar-refractivity contribution >= 4 is 44.6 Å². The molecule has 0 fully saturated rings. The number of para-hydroxylation sites is 3. The average molecular weight is 1340 g/mol. The summed E-state index contributed by atoms with van der Waals surface area (Å²) >= 11 is 0. The quantitative estimate of drug-likeness (QED) is 0.135. The van der Waals surface area contributed by atoms with Crippen LogP contribution in [0.5, 0.6) is 11.5 Å². The molecule has 5 nitrogen and oxygen atoms in total. The van der Waals surface area contributed by atoms with E-state index in [1.165, 1.54) is 50.1 Å². The van der Waals surface area contributed by atoms with Gasteiger partial charge in [-0.1, -0.05) is 246 Å². The standard InChI is InChI=1S/C83H75N4O.Pt/c1-79(2,3)56-41-42-84-77(50-56)87-73-36-24-21-33-67(73)68-40-39-63(52-76(68)87)88-64-47-61(83(60-44-57(80(4,5)6)43-58(45-60)81(7,8)9)71-34-22-19-31-65(71)66-32-20-23-35-72(66)83)46-62(51-64)85-53-86(75-38-26-25-37-74(75)85)78-69(54-27-15-13-16-28-54)48-59(82(10,11)12)49-70(78)55-29-17-14-18-30-55;/h13-50,53H,1-12H3;/q-3;. The van der Waals surface area contributed by atoms with Crippen LogP contribution in [0.15, 0.2) is 231 Å². The summed E-state index contributed by atoms with van der Waals surface area (Å²) in [5.74, 6) is 1.97. The first-order valence-corrected chi connectivity index (χ1v) is 31.0. The number of hydrogen-bond acceptors (Lipinski definition) is 4. The molecule has 3 heterocycles. The van der Waals surface area contributed by atoms with E-state index < -0.39 is 5.41 Å². The van der Waals surface area contributed by atoms with Gasteiger partial charge < -0.3 is 19.1 Å². The van der Waals surface area contributed by atoms with Crippen molar-refractivity contribution in [1.29, 1.82) is 0 Å². The molecule has 0 saturated heterocycles. The normalized spacial score (nSPS) is 13.8. The van der Waals surface area contributed by atoms with Crippen LogP contribution >= 0.6 is 0 Å². The van der Waals surface area contributed by atoms with Gasteiger partial charge in [0.25, 0.3) is 0 Å². The number of ether oxygens (including phenoxy) is 1. The SMILES string of the molecule is CC(C)(C)c1cc(C(C)(C)C)cc(C2(c3cc(Oc4[c-]c5c(cc4)c4ccccc4n5-c4cc(C(C)(C)C)ccn4)[c-]c(N4[CH-]N(c5c(-c6ccccc6)cc(C(C)(C)C)cc5-c5ccccc5)c5ccccc54)c3)c3ccccc3-c3ccccc32)c1.[Pt]. The number of rotatable bonds is 9. The predicted octanol–water partition coefficient (Wildman–Crippen LogP) is 21.9. The zero-order valence-electron chi connectivity index (χ0n) is 53.0. The number of benzene rings is 10. The molecular formula is C83H75N4OPt-3. The van der Waals surface area contributed by atoms with E-state index >= 15 is 0 Å². The van der Waals surface area contributed by atoms with Crippen molar-refractivity contribution < 1.29 is 25.8 Å². The molecule has 0 spiro atoms. The minimum atomic E-state index is -0.817. The van der Waals surface area contributed by atoms with Gasteiger partial charge in [-0.2, -0.15) is 6.07 Å². The molecule has 2 aliphatic rings. The zero-order chi connectivity index (χ0) is 61.1. The van der Waals surface area contributed by atoms with Gasteiger partial charge >= 0.3 is 0 Å². The fraction of sp³-hybridized carbons (Fsp3) is 0.205.